The van der Waals surface area contributed by atoms with Crippen molar-refractivity contribution in [1.82, 2.24) is 10.9 Å². The van der Waals surface area contributed by atoms with Crippen molar-refractivity contribution in [3.63, 3.8) is 0 Å². The molecule has 3 aliphatic carbocycles. The lowest BCUT2D eigenvalue weighted by atomic mass is 9.55. The second-order valence-electron chi connectivity index (χ2n) is 9.00. The fourth-order valence-corrected chi connectivity index (χ4v) is 6.07. The maximum absolute atomic E-state index is 10.5. The van der Waals surface area contributed by atoms with E-state index in [4.69, 9.17) is 11.2 Å². The Morgan fingerprint density at radius 2 is 2.12 bits per heavy atom. The third kappa shape index (κ3) is 2.41. The molecule has 0 amide bonds. The van der Waals surface area contributed by atoms with E-state index in [-0.39, 0.29) is 11.5 Å². The molecule has 138 valence electrons. The van der Waals surface area contributed by atoms with Crippen LogP contribution in [0.25, 0.3) is 0 Å². The van der Waals surface area contributed by atoms with Gasteiger partial charge in [0.1, 0.15) is 12.4 Å². The molecule has 5 rings (SSSR count). The van der Waals surface area contributed by atoms with Gasteiger partial charge in [0.05, 0.1) is 6.10 Å². The van der Waals surface area contributed by atoms with Crippen molar-refractivity contribution in [2.24, 2.45) is 17.3 Å². The molecule has 1 aliphatic heterocycles. The summed E-state index contributed by atoms with van der Waals surface area (Å²) < 4.78 is 5.93. The summed E-state index contributed by atoms with van der Waals surface area (Å²) >= 11 is 0. The second kappa shape index (κ2) is 5.73. The Bertz CT molecular complexity index is 766. The van der Waals surface area contributed by atoms with E-state index in [0.29, 0.717) is 18.4 Å². The Balaban J connectivity index is 1.36. The number of hydrogen-bond donors (Lipinski definition) is 3. The predicted octanol–water partition coefficient (Wildman–Crippen LogP) is 2.72. The zero-order chi connectivity index (χ0) is 17.9. The minimum absolute atomic E-state index is 0.0984. The Morgan fingerprint density at radius 1 is 1.27 bits per heavy atom. The van der Waals surface area contributed by atoms with Gasteiger partial charge in [0.15, 0.2) is 5.66 Å². The summed E-state index contributed by atoms with van der Waals surface area (Å²) in [4.78, 5) is 0. The van der Waals surface area contributed by atoms with Gasteiger partial charge in [-0.15, -0.1) is 6.42 Å². The van der Waals surface area contributed by atoms with E-state index < -0.39 is 5.66 Å². The average molecular weight is 352 g/mol. The second-order valence-corrected chi connectivity index (χ2v) is 9.00. The third-order valence-corrected chi connectivity index (χ3v) is 7.78. The van der Waals surface area contributed by atoms with Gasteiger partial charge in [0, 0.05) is 0 Å². The molecule has 3 fully saturated rings. The van der Waals surface area contributed by atoms with Crippen LogP contribution in [0.3, 0.4) is 0 Å². The molecule has 4 nitrogen and oxygen atoms in total. The maximum Gasteiger partial charge on any atom is 0.192 e. The van der Waals surface area contributed by atoms with Gasteiger partial charge in [0.2, 0.25) is 0 Å². The molecule has 1 aromatic carbocycles. The molecular weight excluding hydrogens is 324 g/mol. The molecule has 0 unspecified atom stereocenters. The van der Waals surface area contributed by atoms with E-state index in [9.17, 15) is 5.11 Å². The fraction of sp³-hybridized carbons (Fsp3) is 0.636. The molecular formula is C22H28N2O2. The molecule has 1 aromatic rings. The highest BCUT2D eigenvalue weighted by atomic mass is 16.5. The molecule has 4 heteroatoms. The summed E-state index contributed by atoms with van der Waals surface area (Å²) in [6, 6.07) is 6.60. The first kappa shape index (κ1) is 16.6. The molecule has 4 aliphatic rings. The Kier molecular flexibility index (Phi) is 3.66. The van der Waals surface area contributed by atoms with Gasteiger partial charge in [-0.05, 0) is 85.0 Å². The lowest BCUT2D eigenvalue weighted by Crippen LogP contribution is -2.43. The monoisotopic (exact) mass is 352 g/mol. The maximum atomic E-state index is 10.5. The SMILES string of the molecule is C#CC1(COc2ccc3c(c2)CC[C@@H]2[C@@H]3CC[C@]3(C)[C@@H](O)CC[C@@H]23)NN1. The summed E-state index contributed by atoms with van der Waals surface area (Å²) in [5, 5.41) is 10.5. The van der Waals surface area contributed by atoms with Crippen LogP contribution in [0.5, 0.6) is 5.75 Å². The molecule has 0 aromatic heterocycles. The van der Waals surface area contributed by atoms with E-state index in [1.807, 2.05) is 0 Å². The normalized spacial score (nSPS) is 39.3. The van der Waals surface area contributed by atoms with Crippen LogP contribution in [0.1, 0.15) is 56.1 Å². The Labute approximate surface area is 155 Å². The van der Waals surface area contributed by atoms with Gasteiger partial charge < -0.3 is 9.84 Å². The first-order valence-electron chi connectivity index (χ1n) is 10.0. The van der Waals surface area contributed by atoms with Gasteiger partial charge in [-0.25, -0.2) is 10.9 Å². The number of nitrogens with one attached hydrogen (secondary N) is 2. The molecule has 2 saturated carbocycles. The summed E-state index contributed by atoms with van der Waals surface area (Å²) in [5.74, 6) is 5.66. The number of rotatable bonds is 3. The fourth-order valence-electron chi connectivity index (χ4n) is 6.07. The highest BCUT2D eigenvalue weighted by Gasteiger charge is 2.54. The third-order valence-electron chi connectivity index (χ3n) is 7.78. The van der Waals surface area contributed by atoms with Gasteiger partial charge >= 0.3 is 0 Å². The summed E-state index contributed by atoms with van der Waals surface area (Å²) in [6.45, 7) is 2.77. The first-order valence-corrected chi connectivity index (χ1v) is 10.0. The van der Waals surface area contributed by atoms with Crippen LogP contribution in [-0.2, 0) is 6.42 Å². The van der Waals surface area contributed by atoms with Crippen LogP contribution in [-0.4, -0.2) is 23.5 Å². The molecule has 0 radical (unpaired) electrons. The number of aliphatic hydroxyl groups is 1. The van der Waals surface area contributed by atoms with Gasteiger partial charge in [0.25, 0.3) is 0 Å². The van der Waals surface area contributed by atoms with E-state index in [1.165, 1.54) is 30.4 Å². The minimum atomic E-state index is -0.488. The van der Waals surface area contributed by atoms with Crippen LogP contribution in [0.15, 0.2) is 18.2 Å². The number of ether oxygens (including phenoxy) is 1. The topological polar surface area (TPSA) is 73.3 Å². The molecule has 1 saturated heterocycles. The summed E-state index contributed by atoms with van der Waals surface area (Å²) in [5.41, 5.74) is 8.55. The molecule has 5 atom stereocenters. The number of hydrazine groups is 1. The molecule has 0 bridgehead atoms. The molecule has 3 N–H and O–H groups in total. The highest BCUT2D eigenvalue weighted by molar-refractivity contribution is 5.41. The van der Waals surface area contributed by atoms with Gasteiger partial charge in [-0.2, -0.15) is 0 Å². The standard InChI is InChI=1S/C22H28N2O2/c1-3-22(23-24-22)13-26-15-5-7-16-14(12-15)4-6-18-17(16)10-11-21(2)19(18)8-9-20(21)25/h1,5,7,12,17-20,23-25H,4,6,8-11,13H2,2H3/t17-,18-,19+,20+,21+/m1/s1. The van der Waals surface area contributed by atoms with Crippen molar-refractivity contribution in [3.05, 3.63) is 29.3 Å². The largest absolute Gasteiger partial charge is 0.489 e. The van der Waals surface area contributed by atoms with Crippen LogP contribution < -0.4 is 15.6 Å². The van der Waals surface area contributed by atoms with Crippen molar-refractivity contribution in [3.8, 4) is 18.1 Å². The average Bonchev–Trinajstić information content (AvgIpc) is 3.38. The van der Waals surface area contributed by atoms with Crippen molar-refractivity contribution >= 4 is 0 Å². The van der Waals surface area contributed by atoms with Crippen LogP contribution in [0, 0.1) is 29.6 Å². The van der Waals surface area contributed by atoms with Crippen molar-refractivity contribution in [1.29, 1.82) is 0 Å². The van der Waals surface area contributed by atoms with Gasteiger partial charge in [-0.1, -0.05) is 18.9 Å². The summed E-state index contributed by atoms with van der Waals surface area (Å²) in [7, 11) is 0. The lowest BCUT2D eigenvalue weighted by molar-refractivity contribution is -0.0226. The number of terminal acetylenes is 1. The zero-order valence-electron chi connectivity index (χ0n) is 15.4. The van der Waals surface area contributed by atoms with Crippen molar-refractivity contribution in [2.45, 2.75) is 63.1 Å². The van der Waals surface area contributed by atoms with Gasteiger partial charge in [-0.3, -0.25) is 0 Å². The van der Waals surface area contributed by atoms with E-state index in [0.717, 1.165) is 30.9 Å². The van der Waals surface area contributed by atoms with Crippen LogP contribution in [0.4, 0.5) is 0 Å². The molecule has 26 heavy (non-hydrogen) atoms. The Morgan fingerprint density at radius 3 is 2.88 bits per heavy atom. The minimum Gasteiger partial charge on any atom is -0.489 e. The number of hydrogen-bond acceptors (Lipinski definition) is 4. The lowest BCUT2D eigenvalue weighted by Gasteiger charge is -2.50. The highest BCUT2D eigenvalue weighted by Crippen LogP contribution is 2.60. The predicted molar refractivity (Wildman–Crippen MR) is 100 cm³/mol. The smallest absolute Gasteiger partial charge is 0.192 e. The zero-order valence-corrected chi connectivity index (χ0v) is 15.4. The number of aryl methyl sites for hydroxylation is 1. The van der Waals surface area contributed by atoms with Crippen LogP contribution in [0.2, 0.25) is 0 Å². The number of aliphatic hydroxyl groups excluding tert-OH is 1. The van der Waals surface area contributed by atoms with Crippen molar-refractivity contribution in [2.75, 3.05) is 6.61 Å². The quantitative estimate of drug-likeness (QED) is 0.578. The van der Waals surface area contributed by atoms with E-state index in [2.05, 4.69) is 41.9 Å². The summed E-state index contributed by atoms with van der Waals surface area (Å²) in [6.07, 6.45) is 12.3. The number of fused-ring (bicyclic) bond motifs is 5. The van der Waals surface area contributed by atoms with E-state index in [1.54, 1.807) is 0 Å². The van der Waals surface area contributed by atoms with E-state index >= 15 is 0 Å². The Hall–Kier alpha value is -1.54. The number of benzene rings is 1. The first-order chi connectivity index (χ1) is 12.5. The van der Waals surface area contributed by atoms with Crippen molar-refractivity contribution < 1.29 is 9.84 Å². The molecule has 0 spiro atoms. The molecule has 1 heterocycles. The van der Waals surface area contributed by atoms with Crippen LogP contribution >= 0.6 is 0 Å².